The van der Waals surface area contributed by atoms with Gasteiger partial charge in [-0.3, -0.25) is 0 Å². The Bertz CT molecular complexity index is 468. The monoisotopic (exact) mass is 264 g/mol. The van der Waals surface area contributed by atoms with Gasteiger partial charge in [-0.2, -0.15) is 0 Å². The SMILES string of the molecule is C=C(CCCNC(=O)Nc1ccc(O)cc1)C(=O)O. The fraction of sp³-hybridized carbons (Fsp3) is 0.231. The topological polar surface area (TPSA) is 98.7 Å². The molecule has 0 saturated carbocycles. The predicted molar refractivity (Wildman–Crippen MR) is 71.1 cm³/mol. The number of carbonyl (C=O) groups excluding carboxylic acids is 1. The van der Waals surface area contributed by atoms with Crippen LogP contribution in [0.15, 0.2) is 36.4 Å². The molecule has 0 bridgehead atoms. The lowest BCUT2D eigenvalue weighted by atomic mass is 10.2. The van der Waals surface area contributed by atoms with Crippen molar-refractivity contribution in [3.05, 3.63) is 36.4 Å². The van der Waals surface area contributed by atoms with Gasteiger partial charge in [0.05, 0.1) is 0 Å². The van der Waals surface area contributed by atoms with Gasteiger partial charge in [-0.1, -0.05) is 6.58 Å². The van der Waals surface area contributed by atoms with E-state index in [1.165, 1.54) is 12.1 Å². The Morgan fingerprint density at radius 2 is 1.84 bits per heavy atom. The van der Waals surface area contributed by atoms with Crippen LogP contribution in [0.25, 0.3) is 0 Å². The number of nitrogens with one attached hydrogen (secondary N) is 2. The molecule has 1 rings (SSSR count). The number of rotatable bonds is 6. The Balaban J connectivity index is 2.23. The molecule has 0 aromatic heterocycles. The van der Waals surface area contributed by atoms with E-state index in [4.69, 9.17) is 10.2 Å². The molecule has 6 heteroatoms. The van der Waals surface area contributed by atoms with Crippen LogP contribution >= 0.6 is 0 Å². The molecule has 0 aliphatic rings. The summed E-state index contributed by atoms with van der Waals surface area (Å²) in [7, 11) is 0. The summed E-state index contributed by atoms with van der Waals surface area (Å²) in [6, 6.07) is 5.69. The van der Waals surface area contributed by atoms with E-state index < -0.39 is 5.97 Å². The molecule has 4 N–H and O–H groups in total. The van der Waals surface area contributed by atoms with Crippen molar-refractivity contribution in [1.82, 2.24) is 5.32 Å². The summed E-state index contributed by atoms with van der Waals surface area (Å²) in [6.45, 7) is 3.75. The van der Waals surface area contributed by atoms with Gasteiger partial charge >= 0.3 is 12.0 Å². The van der Waals surface area contributed by atoms with Crippen LogP contribution in [0.1, 0.15) is 12.8 Å². The molecule has 19 heavy (non-hydrogen) atoms. The van der Waals surface area contributed by atoms with Crippen LogP contribution in [0.5, 0.6) is 5.75 Å². The van der Waals surface area contributed by atoms with Crippen molar-refractivity contribution in [1.29, 1.82) is 0 Å². The number of hydrogen-bond donors (Lipinski definition) is 4. The summed E-state index contributed by atoms with van der Waals surface area (Å²) < 4.78 is 0. The van der Waals surface area contributed by atoms with Crippen molar-refractivity contribution >= 4 is 17.7 Å². The summed E-state index contributed by atoms with van der Waals surface area (Å²) in [6.07, 6.45) is 0.836. The second-order valence-electron chi connectivity index (χ2n) is 3.94. The molecule has 0 fully saturated rings. The zero-order chi connectivity index (χ0) is 14.3. The molecule has 0 aliphatic carbocycles. The second-order valence-corrected chi connectivity index (χ2v) is 3.94. The van der Waals surface area contributed by atoms with Crippen molar-refractivity contribution < 1.29 is 19.8 Å². The average Bonchev–Trinajstić information content (AvgIpc) is 2.37. The third-order valence-corrected chi connectivity index (χ3v) is 2.37. The Labute approximate surface area is 110 Å². The second kappa shape index (κ2) is 7.05. The molecule has 0 unspecified atom stereocenters. The van der Waals surface area contributed by atoms with Gasteiger partial charge in [-0.15, -0.1) is 0 Å². The van der Waals surface area contributed by atoms with E-state index in [-0.39, 0.29) is 17.4 Å². The summed E-state index contributed by atoms with van der Waals surface area (Å²) in [5.41, 5.74) is 0.686. The van der Waals surface area contributed by atoms with Gasteiger partial charge in [0.25, 0.3) is 0 Å². The Kier molecular flexibility index (Phi) is 5.40. The normalized spacial score (nSPS) is 9.68. The lowest BCUT2D eigenvalue weighted by molar-refractivity contribution is -0.132. The van der Waals surface area contributed by atoms with Crippen LogP contribution in [0.4, 0.5) is 10.5 Å². The van der Waals surface area contributed by atoms with Gasteiger partial charge in [0.2, 0.25) is 0 Å². The van der Waals surface area contributed by atoms with Gasteiger partial charge in [0.1, 0.15) is 5.75 Å². The molecular weight excluding hydrogens is 248 g/mol. The zero-order valence-electron chi connectivity index (χ0n) is 10.3. The van der Waals surface area contributed by atoms with Gasteiger partial charge in [-0.25, -0.2) is 9.59 Å². The van der Waals surface area contributed by atoms with E-state index in [1.54, 1.807) is 12.1 Å². The first kappa shape index (κ1) is 14.6. The average molecular weight is 264 g/mol. The maximum Gasteiger partial charge on any atom is 0.330 e. The molecule has 1 aromatic rings. The minimum absolute atomic E-state index is 0.123. The Morgan fingerprint density at radius 3 is 2.42 bits per heavy atom. The number of urea groups is 1. The Morgan fingerprint density at radius 1 is 1.21 bits per heavy atom. The maximum atomic E-state index is 11.5. The molecule has 0 saturated heterocycles. The van der Waals surface area contributed by atoms with Crippen molar-refractivity contribution in [3.63, 3.8) is 0 Å². The summed E-state index contributed by atoms with van der Waals surface area (Å²) >= 11 is 0. The standard InChI is InChI=1S/C13H16N2O4/c1-9(12(17)18)3-2-8-14-13(19)15-10-4-6-11(16)7-5-10/h4-7,16H,1-3,8H2,(H,17,18)(H2,14,15,19). The first-order valence-corrected chi connectivity index (χ1v) is 5.74. The lowest BCUT2D eigenvalue weighted by Crippen LogP contribution is -2.29. The van der Waals surface area contributed by atoms with Gasteiger partial charge in [0.15, 0.2) is 0 Å². The number of aliphatic carboxylic acids is 1. The number of carboxylic acid groups (broad SMARTS) is 1. The van der Waals surface area contributed by atoms with Crippen LogP contribution in [0.2, 0.25) is 0 Å². The quantitative estimate of drug-likeness (QED) is 0.358. The minimum Gasteiger partial charge on any atom is -0.508 e. The van der Waals surface area contributed by atoms with Gasteiger partial charge in [0, 0.05) is 17.8 Å². The molecule has 6 nitrogen and oxygen atoms in total. The number of anilines is 1. The number of benzene rings is 1. The van der Waals surface area contributed by atoms with Crippen molar-refractivity contribution in [2.75, 3.05) is 11.9 Å². The number of amides is 2. The summed E-state index contributed by atoms with van der Waals surface area (Å²) in [5, 5.41) is 22.8. The van der Waals surface area contributed by atoms with Crippen molar-refractivity contribution in [2.45, 2.75) is 12.8 Å². The number of carbonyl (C=O) groups is 2. The van der Waals surface area contributed by atoms with Crippen LogP contribution in [0.3, 0.4) is 0 Å². The smallest absolute Gasteiger partial charge is 0.330 e. The summed E-state index contributed by atoms with van der Waals surface area (Å²) in [4.78, 5) is 21.9. The predicted octanol–water partition coefficient (Wildman–Crippen LogP) is 1.93. The molecule has 102 valence electrons. The maximum absolute atomic E-state index is 11.5. The highest BCUT2D eigenvalue weighted by molar-refractivity contribution is 5.89. The third kappa shape index (κ3) is 5.58. The number of phenolic OH excluding ortho intramolecular Hbond substituents is 1. The van der Waals surface area contributed by atoms with E-state index in [2.05, 4.69) is 17.2 Å². The third-order valence-electron chi connectivity index (χ3n) is 2.37. The highest BCUT2D eigenvalue weighted by atomic mass is 16.4. The van der Waals surface area contributed by atoms with Gasteiger partial charge in [-0.05, 0) is 37.1 Å². The number of phenols is 1. The largest absolute Gasteiger partial charge is 0.508 e. The number of aromatic hydroxyl groups is 1. The molecule has 0 atom stereocenters. The lowest BCUT2D eigenvalue weighted by Gasteiger charge is -2.07. The molecule has 2 amide bonds. The van der Waals surface area contributed by atoms with Gasteiger partial charge < -0.3 is 20.8 Å². The fourth-order valence-electron chi connectivity index (χ4n) is 1.33. The van der Waals surface area contributed by atoms with Crippen LogP contribution in [0, 0.1) is 0 Å². The fourth-order valence-corrected chi connectivity index (χ4v) is 1.33. The highest BCUT2D eigenvalue weighted by Crippen LogP contribution is 2.13. The molecular formula is C13H16N2O4. The first-order chi connectivity index (χ1) is 8.99. The van der Waals surface area contributed by atoms with E-state index in [0.29, 0.717) is 25.1 Å². The zero-order valence-corrected chi connectivity index (χ0v) is 10.3. The molecule has 0 aliphatic heterocycles. The van der Waals surface area contributed by atoms with Crippen LogP contribution in [-0.2, 0) is 4.79 Å². The minimum atomic E-state index is -1.02. The van der Waals surface area contributed by atoms with Crippen LogP contribution < -0.4 is 10.6 Å². The van der Waals surface area contributed by atoms with E-state index in [9.17, 15) is 9.59 Å². The van der Waals surface area contributed by atoms with E-state index >= 15 is 0 Å². The molecule has 0 heterocycles. The van der Waals surface area contributed by atoms with E-state index in [1.807, 2.05) is 0 Å². The first-order valence-electron chi connectivity index (χ1n) is 5.74. The molecule has 1 aromatic carbocycles. The molecule has 0 radical (unpaired) electrons. The Hall–Kier alpha value is -2.50. The van der Waals surface area contributed by atoms with Crippen molar-refractivity contribution in [3.8, 4) is 5.75 Å². The summed E-state index contributed by atoms with van der Waals surface area (Å²) in [5.74, 6) is -0.897. The molecule has 0 spiro atoms. The van der Waals surface area contributed by atoms with Crippen LogP contribution in [-0.4, -0.2) is 28.8 Å². The van der Waals surface area contributed by atoms with E-state index in [0.717, 1.165) is 0 Å². The highest BCUT2D eigenvalue weighted by Gasteiger charge is 2.04. The van der Waals surface area contributed by atoms with Crippen molar-refractivity contribution in [2.24, 2.45) is 0 Å². The number of hydrogen-bond acceptors (Lipinski definition) is 3. The number of carboxylic acids is 1.